The summed E-state index contributed by atoms with van der Waals surface area (Å²) >= 11 is 0. The number of carbonyl (C=O) groups excluding carboxylic acids is 1. The second-order valence-electron chi connectivity index (χ2n) is 9.97. The van der Waals surface area contributed by atoms with Crippen molar-refractivity contribution < 1.29 is 42.0 Å². The van der Waals surface area contributed by atoms with Gasteiger partial charge < -0.3 is 34.1 Å². The van der Waals surface area contributed by atoms with E-state index >= 15 is 0 Å². The van der Waals surface area contributed by atoms with Crippen LogP contribution in [-0.4, -0.2) is 76.8 Å². The van der Waals surface area contributed by atoms with E-state index in [1.165, 1.54) is 31.4 Å². The minimum atomic E-state index is -4.11. The first kappa shape index (κ1) is 30.2. The van der Waals surface area contributed by atoms with Crippen LogP contribution in [0.1, 0.15) is 32.3 Å². The van der Waals surface area contributed by atoms with E-state index < -0.39 is 46.7 Å². The van der Waals surface area contributed by atoms with Crippen LogP contribution in [0.5, 0.6) is 5.75 Å². The first-order valence-electron chi connectivity index (χ1n) is 13.4. The van der Waals surface area contributed by atoms with Crippen molar-refractivity contribution in [2.24, 2.45) is 5.92 Å². The molecule has 2 aliphatic rings. The summed E-state index contributed by atoms with van der Waals surface area (Å²) in [5.41, 5.74) is 0.820. The zero-order chi connectivity index (χ0) is 28.7. The van der Waals surface area contributed by atoms with Crippen molar-refractivity contribution in [2.45, 2.75) is 74.9 Å². The number of amides is 1. The molecule has 2 aromatic rings. The van der Waals surface area contributed by atoms with Gasteiger partial charge in [0.15, 0.2) is 6.29 Å². The Hall–Kier alpha value is -2.74. The number of alkyl carbamates (subject to hydrolysis) is 1. The summed E-state index contributed by atoms with van der Waals surface area (Å²) in [5.74, 6) is 0.446. The number of carbonyl (C=O) groups is 1. The largest absolute Gasteiger partial charge is 0.497 e. The molecule has 4 rings (SSSR count). The quantitative estimate of drug-likeness (QED) is 0.306. The zero-order valence-corrected chi connectivity index (χ0v) is 23.7. The van der Waals surface area contributed by atoms with Gasteiger partial charge >= 0.3 is 6.09 Å². The standard InChI is InChI=1S/C28H38N2O9S/c1-4-18(2)38-26(30-40(33,34)21-12-10-20(35-3)11-13-21)25(31)23(16-19-8-6-5-7-9-19)29-28(32)39-24-17-37-27-22(24)14-15-36-27/h5-13,18,22-27,30-31H,4,14-17H2,1-3H3,(H,29,32)/t18?,22-,23-,24-,25+,26?,27+/m0/s1. The Morgan fingerprint density at radius 3 is 2.52 bits per heavy atom. The maximum absolute atomic E-state index is 13.3. The highest BCUT2D eigenvalue weighted by molar-refractivity contribution is 7.89. The molecule has 2 aromatic carbocycles. The maximum atomic E-state index is 13.3. The third kappa shape index (κ3) is 7.71. The van der Waals surface area contributed by atoms with Crippen molar-refractivity contribution in [3.05, 3.63) is 60.2 Å². The van der Waals surface area contributed by atoms with Crippen molar-refractivity contribution in [2.75, 3.05) is 20.3 Å². The van der Waals surface area contributed by atoms with Crippen LogP contribution in [0.2, 0.25) is 0 Å². The van der Waals surface area contributed by atoms with E-state index in [4.69, 9.17) is 23.7 Å². The smallest absolute Gasteiger partial charge is 0.407 e. The summed E-state index contributed by atoms with van der Waals surface area (Å²) < 4.78 is 56.8. The monoisotopic (exact) mass is 578 g/mol. The van der Waals surface area contributed by atoms with Gasteiger partial charge in [-0.1, -0.05) is 37.3 Å². The highest BCUT2D eigenvalue weighted by Crippen LogP contribution is 2.33. The topological polar surface area (TPSA) is 142 Å². The van der Waals surface area contributed by atoms with Crippen LogP contribution < -0.4 is 14.8 Å². The lowest BCUT2D eigenvalue weighted by Crippen LogP contribution is -2.57. The number of methoxy groups -OCH3 is 1. The molecule has 40 heavy (non-hydrogen) atoms. The summed E-state index contributed by atoms with van der Waals surface area (Å²) in [5, 5.41) is 14.3. The van der Waals surface area contributed by atoms with Crippen LogP contribution in [0, 0.1) is 5.92 Å². The van der Waals surface area contributed by atoms with Crippen LogP contribution in [0.4, 0.5) is 4.79 Å². The zero-order valence-electron chi connectivity index (χ0n) is 22.9. The van der Waals surface area contributed by atoms with Crippen LogP contribution >= 0.6 is 0 Å². The van der Waals surface area contributed by atoms with Crippen LogP contribution in [0.15, 0.2) is 59.5 Å². The van der Waals surface area contributed by atoms with Gasteiger partial charge in [0.05, 0.1) is 43.3 Å². The molecule has 0 spiro atoms. The first-order valence-corrected chi connectivity index (χ1v) is 14.9. The van der Waals surface area contributed by atoms with Crippen LogP contribution in [0.25, 0.3) is 0 Å². The fourth-order valence-electron chi connectivity index (χ4n) is 4.71. The molecule has 7 atom stereocenters. The normalized spacial score (nSPS) is 23.6. The number of hydrogen-bond donors (Lipinski definition) is 3. The molecule has 2 fully saturated rings. The van der Waals surface area contributed by atoms with Gasteiger partial charge in [0, 0.05) is 0 Å². The number of aliphatic hydroxyl groups excluding tert-OH is 1. The van der Waals surface area contributed by atoms with Gasteiger partial charge in [0.1, 0.15) is 24.2 Å². The number of hydrogen-bond acceptors (Lipinski definition) is 9. The lowest BCUT2D eigenvalue weighted by atomic mass is 10.00. The highest BCUT2D eigenvalue weighted by Gasteiger charge is 2.44. The highest BCUT2D eigenvalue weighted by atomic mass is 32.2. The maximum Gasteiger partial charge on any atom is 0.407 e. The molecular formula is C28H38N2O9S. The third-order valence-electron chi connectivity index (χ3n) is 7.16. The van der Waals surface area contributed by atoms with Crippen LogP contribution in [-0.2, 0) is 35.4 Å². The summed E-state index contributed by atoms with van der Waals surface area (Å²) in [6, 6.07) is 14.1. The third-order valence-corrected chi connectivity index (χ3v) is 8.60. The molecule has 3 N–H and O–H groups in total. The molecule has 0 radical (unpaired) electrons. The Labute approximate surface area is 235 Å². The molecule has 0 bridgehead atoms. The number of rotatable bonds is 13. The van der Waals surface area contributed by atoms with E-state index in [2.05, 4.69) is 10.0 Å². The number of benzene rings is 2. The lowest BCUT2D eigenvalue weighted by Gasteiger charge is -2.32. The molecule has 2 aliphatic heterocycles. The van der Waals surface area contributed by atoms with E-state index in [9.17, 15) is 18.3 Å². The lowest BCUT2D eigenvalue weighted by molar-refractivity contribution is -0.0909. The molecular weight excluding hydrogens is 540 g/mol. The van der Waals surface area contributed by atoms with E-state index in [1.54, 1.807) is 6.92 Å². The number of sulfonamides is 1. The van der Waals surface area contributed by atoms with Crippen molar-refractivity contribution in [3.63, 3.8) is 0 Å². The van der Waals surface area contributed by atoms with E-state index in [0.717, 1.165) is 12.0 Å². The number of nitrogens with one attached hydrogen (secondary N) is 2. The van der Waals surface area contributed by atoms with E-state index in [0.29, 0.717) is 18.8 Å². The van der Waals surface area contributed by atoms with Gasteiger partial charge in [0.2, 0.25) is 10.0 Å². The summed E-state index contributed by atoms with van der Waals surface area (Å²) in [4.78, 5) is 13.0. The van der Waals surface area contributed by atoms with Crippen molar-refractivity contribution in [1.29, 1.82) is 0 Å². The Kier molecular flexibility index (Phi) is 10.4. The second-order valence-corrected chi connectivity index (χ2v) is 11.7. The second kappa shape index (κ2) is 13.7. The number of aliphatic hydroxyl groups is 1. The fourth-order valence-corrected chi connectivity index (χ4v) is 5.84. The van der Waals surface area contributed by atoms with Crippen LogP contribution in [0.3, 0.4) is 0 Å². The molecule has 0 saturated carbocycles. The molecule has 0 aromatic heterocycles. The number of fused-ring (bicyclic) bond motifs is 1. The minimum absolute atomic E-state index is 0.0280. The molecule has 2 saturated heterocycles. The Morgan fingerprint density at radius 2 is 1.85 bits per heavy atom. The van der Waals surface area contributed by atoms with Gasteiger partial charge in [-0.3, -0.25) is 0 Å². The Balaban J connectivity index is 1.54. The predicted molar refractivity (Wildman–Crippen MR) is 145 cm³/mol. The van der Waals surface area contributed by atoms with E-state index in [1.807, 2.05) is 37.3 Å². The van der Waals surface area contributed by atoms with E-state index in [-0.39, 0.29) is 30.1 Å². The molecule has 1 amide bonds. The average molecular weight is 579 g/mol. The Morgan fingerprint density at radius 1 is 1.12 bits per heavy atom. The van der Waals surface area contributed by atoms with Gasteiger partial charge in [-0.25, -0.2) is 13.2 Å². The molecule has 0 aliphatic carbocycles. The SMILES string of the molecule is CCC(C)OC(NS(=O)(=O)c1ccc(OC)cc1)[C@H](O)[C@H](Cc1ccccc1)NC(=O)O[C@H]1CO[C@H]2OCC[C@H]21. The molecule has 2 unspecified atom stereocenters. The average Bonchev–Trinajstić information content (AvgIpc) is 3.57. The minimum Gasteiger partial charge on any atom is -0.497 e. The van der Waals surface area contributed by atoms with Crippen molar-refractivity contribution in [1.82, 2.24) is 10.0 Å². The summed E-state index contributed by atoms with van der Waals surface area (Å²) in [6.07, 6.45) is -3.38. The predicted octanol–water partition coefficient (Wildman–Crippen LogP) is 2.57. The first-order chi connectivity index (χ1) is 19.2. The molecule has 12 heteroatoms. The summed E-state index contributed by atoms with van der Waals surface area (Å²) in [7, 11) is -2.63. The molecule has 220 valence electrons. The van der Waals surface area contributed by atoms with Gasteiger partial charge in [-0.2, -0.15) is 4.72 Å². The van der Waals surface area contributed by atoms with Gasteiger partial charge in [-0.15, -0.1) is 0 Å². The van der Waals surface area contributed by atoms with Crippen molar-refractivity contribution in [3.8, 4) is 5.75 Å². The number of ether oxygens (including phenoxy) is 5. The molecule has 2 heterocycles. The Bertz CT molecular complexity index is 1200. The molecule has 11 nitrogen and oxygen atoms in total. The van der Waals surface area contributed by atoms with Gasteiger partial charge in [-0.05, 0) is 56.0 Å². The summed E-state index contributed by atoms with van der Waals surface area (Å²) in [6.45, 7) is 4.41. The fraction of sp³-hybridized carbons (Fsp3) is 0.536. The van der Waals surface area contributed by atoms with Gasteiger partial charge in [0.25, 0.3) is 0 Å². The van der Waals surface area contributed by atoms with Crippen molar-refractivity contribution >= 4 is 16.1 Å².